The minimum atomic E-state index is -0.629. The molecule has 18 heavy (non-hydrogen) atoms. The predicted molar refractivity (Wildman–Crippen MR) is 65.3 cm³/mol. The third kappa shape index (κ3) is 2.60. The summed E-state index contributed by atoms with van der Waals surface area (Å²) in [5.41, 5.74) is 11.0. The molecule has 9 heteroatoms. The van der Waals surface area contributed by atoms with Crippen LogP contribution in [-0.2, 0) is 0 Å². The average Bonchev–Trinajstić information content (AvgIpc) is 2.78. The van der Waals surface area contributed by atoms with E-state index < -0.39 is 5.91 Å². The van der Waals surface area contributed by atoms with E-state index in [1.54, 1.807) is 6.92 Å². The van der Waals surface area contributed by atoms with Gasteiger partial charge in [-0.25, -0.2) is 15.0 Å². The van der Waals surface area contributed by atoms with Gasteiger partial charge in [0.05, 0.1) is 6.04 Å². The van der Waals surface area contributed by atoms with Gasteiger partial charge in [0.15, 0.2) is 11.6 Å². The van der Waals surface area contributed by atoms with Crippen molar-refractivity contribution < 1.29 is 4.79 Å². The molecule has 8 nitrogen and oxygen atoms in total. The minimum Gasteiger partial charge on any atom is -0.364 e. The Hall–Kier alpha value is -2.06. The van der Waals surface area contributed by atoms with E-state index in [0.717, 1.165) is 0 Å². The Bertz CT molecular complexity index is 553. The Morgan fingerprint density at radius 1 is 1.33 bits per heavy atom. The fourth-order valence-electron chi connectivity index (χ4n) is 1.34. The fourth-order valence-corrected chi connectivity index (χ4v) is 1.34. The molecule has 2 aromatic rings. The molecule has 1 atom stereocenters. The van der Waals surface area contributed by atoms with Crippen LogP contribution < -0.4 is 11.5 Å². The Kier molecular flexibility index (Phi) is 4.29. The minimum absolute atomic E-state index is 0. The largest absolute Gasteiger partial charge is 0.364 e. The molecule has 0 radical (unpaired) electrons. The summed E-state index contributed by atoms with van der Waals surface area (Å²) in [7, 11) is 0. The van der Waals surface area contributed by atoms with Crippen molar-refractivity contribution in [2.75, 3.05) is 0 Å². The number of nitrogens with two attached hydrogens (primary N) is 2. The van der Waals surface area contributed by atoms with Gasteiger partial charge < -0.3 is 11.5 Å². The molecule has 0 saturated carbocycles. The Morgan fingerprint density at radius 2 is 2.06 bits per heavy atom. The topological polar surface area (TPSA) is 126 Å². The van der Waals surface area contributed by atoms with Crippen LogP contribution in [0.15, 0.2) is 18.7 Å². The highest BCUT2D eigenvalue weighted by atomic mass is 35.5. The summed E-state index contributed by atoms with van der Waals surface area (Å²) in [4.78, 5) is 22.8. The Morgan fingerprint density at radius 3 is 2.67 bits per heavy atom. The molecular weight excluding hydrogens is 258 g/mol. The van der Waals surface area contributed by atoms with Crippen LogP contribution in [0.25, 0.3) is 5.82 Å². The van der Waals surface area contributed by atoms with Crippen molar-refractivity contribution >= 4 is 18.3 Å². The number of hydrogen-bond acceptors (Lipinski definition) is 6. The highest BCUT2D eigenvalue weighted by Crippen LogP contribution is 2.10. The van der Waals surface area contributed by atoms with Gasteiger partial charge in [0.25, 0.3) is 5.91 Å². The Balaban J connectivity index is 0.00000162. The predicted octanol–water partition coefficient (Wildman–Crippen LogP) is -0.402. The number of amides is 1. The third-order valence-electron chi connectivity index (χ3n) is 2.10. The van der Waals surface area contributed by atoms with Gasteiger partial charge in [-0.15, -0.1) is 12.4 Å². The van der Waals surface area contributed by atoms with Crippen LogP contribution in [0.1, 0.15) is 29.3 Å². The summed E-state index contributed by atoms with van der Waals surface area (Å²) in [5, 5.41) is 3.99. The number of carbonyl (C=O) groups is 1. The summed E-state index contributed by atoms with van der Waals surface area (Å²) in [6.07, 6.45) is 2.60. The normalized spacial score (nSPS) is 11.7. The zero-order chi connectivity index (χ0) is 12.4. The number of nitrogens with zero attached hydrogens (tertiary/aromatic N) is 5. The molecule has 2 aromatic heterocycles. The summed E-state index contributed by atoms with van der Waals surface area (Å²) in [6.45, 7) is 1.77. The lowest BCUT2D eigenvalue weighted by atomic mass is 10.3. The van der Waals surface area contributed by atoms with E-state index in [9.17, 15) is 4.79 Å². The second-order valence-electron chi connectivity index (χ2n) is 3.44. The monoisotopic (exact) mass is 269 g/mol. The first kappa shape index (κ1) is 14.0. The van der Waals surface area contributed by atoms with E-state index in [-0.39, 0.29) is 24.1 Å². The summed E-state index contributed by atoms with van der Waals surface area (Å²) >= 11 is 0. The molecule has 0 saturated heterocycles. The maximum atomic E-state index is 11.0. The van der Waals surface area contributed by atoms with Gasteiger partial charge in [-0.3, -0.25) is 4.79 Å². The molecular formula is C9H12ClN7O. The van der Waals surface area contributed by atoms with Crippen molar-refractivity contribution in [3.8, 4) is 5.82 Å². The van der Waals surface area contributed by atoms with Crippen molar-refractivity contribution in [2.45, 2.75) is 13.0 Å². The van der Waals surface area contributed by atoms with E-state index in [1.165, 1.54) is 23.4 Å². The number of primary amides is 1. The maximum absolute atomic E-state index is 11.0. The lowest BCUT2D eigenvalue weighted by molar-refractivity contribution is 0.0995. The SMILES string of the molecule is C[C@H](N)c1ncnn1-c1cc(C(N)=O)ncn1.Cl. The van der Waals surface area contributed by atoms with E-state index in [2.05, 4.69) is 20.1 Å². The van der Waals surface area contributed by atoms with Crippen LogP contribution in [0.2, 0.25) is 0 Å². The summed E-state index contributed by atoms with van der Waals surface area (Å²) < 4.78 is 1.44. The van der Waals surface area contributed by atoms with E-state index in [0.29, 0.717) is 11.6 Å². The average molecular weight is 270 g/mol. The molecule has 0 aromatic carbocycles. The van der Waals surface area contributed by atoms with Crippen molar-refractivity contribution in [3.63, 3.8) is 0 Å². The number of halogens is 1. The maximum Gasteiger partial charge on any atom is 0.267 e. The molecule has 0 fully saturated rings. The summed E-state index contributed by atoms with van der Waals surface area (Å²) in [6, 6.07) is 1.13. The van der Waals surface area contributed by atoms with E-state index >= 15 is 0 Å². The van der Waals surface area contributed by atoms with Crippen molar-refractivity contribution in [3.05, 3.63) is 30.2 Å². The first-order chi connectivity index (χ1) is 8.09. The molecule has 0 unspecified atom stereocenters. The molecule has 96 valence electrons. The Labute approximate surface area is 109 Å². The third-order valence-corrected chi connectivity index (χ3v) is 2.10. The molecule has 1 amide bonds. The highest BCUT2D eigenvalue weighted by Gasteiger charge is 2.13. The number of rotatable bonds is 3. The molecule has 0 aliphatic heterocycles. The van der Waals surface area contributed by atoms with Gasteiger partial charge in [-0.05, 0) is 6.92 Å². The van der Waals surface area contributed by atoms with Crippen LogP contribution >= 0.6 is 12.4 Å². The van der Waals surface area contributed by atoms with Gasteiger partial charge in [0, 0.05) is 6.07 Å². The number of aromatic nitrogens is 5. The van der Waals surface area contributed by atoms with Crippen LogP contribution in [0.4, 0.5) is 0 Å². The molecule has 0 aliphatic carbocycles. The van der Waals surface area contributed by atoms with Crippen LogP contribution in [0, 0.1) is 0 Å². The smallest absolute Gasteiger partial charge is 0.267 e. The van der Waals surface area contributed by atoms with Gasteiger partial charge in [0.2, 0.25) is 0 Å². The first-order valence-electron chi connectivity index (χ1n) is 4.87. The second-order valence-corrected chi connectivity index (χ2v) is 3.44. The standard InChI is InChI=1S/C9H11N7O.ClH/c1-5(10)9-14-4-15-16(9)7-2-6(8(11)17)12-3-13-7;/h2-5H,10H2,1H3,(H2,11,17);1H/t5-;/m0./s1. The second kappa shape index (κ2) is 5.52. The molecule has 4 N–H and O–H groups in total. The lowest BCUT2D eigenvalue weighted by Crippen LogP contribution is -2.17. The molecule has 2 heterocycles. The first-order valence-corrected chi connectivity index (χ1v) is 4.87. The zero-order valence-electron chi connectivity index (χ0n) is 9.52. The van der Waals surface area contributed by atoms with Gasteiger partial charge in [-0.1, -0.05) is 0 Å². The van der Waals surface area contributed by atoms with E-state index in [4.69, 9.17) is 11.5 Å². The molecule has 0 bridgehead atoms. The van der Waals surface area contributed by atoms with Crippen molar-refractivity contribution in [1.29, 1.82) is 0 Å². The van der Waals surface area contributed by atoms with Crippen LogP contribution in [0.5, 0.6) is 0 Å². The number of carbonyl (C=O) groups excluding carboxylic acids is 1. The summed E-state index contributed by atoms with van der Waals surface area (Å²) in [5.74, 6) is 0.314. The molecule has 0 spiro atoms. The van der Waals surface area contributed by atoms with Crippen LogP contribution in [-0.4, -0.2) is 30.6 Å². The van der Waals surface area contributed by atoms with Gasteiger partial charge >= 0.3 is 0 Å². The van der Waals surface area contributed by atoms with E-state index in [1.807, 2.05) is 0 Å². The van der Waals surface area contributed by atoms with Gasteiger partial charge in [-0.2, -0.15) is 9.78 Å². The highest BCUT2D eigenvalue weighted by molar-refractivity contribution is 5.90. The van der Waals surface area contributed by atoms with Gasteiger partial charge in [0.1, 0.15) is 18.3 Å². The zero-order valence-corrected chi connectivity index (χ0v) is 10.3. The molecule has 2 rings (SSSR count). The quantitative estimate of drug-likeness (QED) is 0.781. The number of hydrogen-bond donors (Lipinski definition) is 2. The fraction of sp³-hybridized carbons (Fsp3) is 0.222. The molecule has 0 aliphatic rings. The van der Waals surface area contributed by atoms with Crippen molar-refractivity contribution in [1.82, 2.24) is 24.7 Å². The lowest BCUT2D eigenvalue weighted by Gasteiger charge is -2.07. The van der Waals surface area contributed by atoms with Crippen LogP contribution in [0.3, 0.4) is 0 Å². The van der Waals surface area contributed by atoms with Crippen molar-refractivity contribution in [2.24, 2.45) is 11.5 Å².